The highest BCUT2D eigenvalue weighted by molar-refractivity contribution is 5.89. The van der Waals surface area contributed by atoms with Crippen molar-refractivity contribution in [1.29, 1.82) is 0 Å². The first-order valence-electron chi connectivity index (χ1n) is 6.25. The van der Waals surface area contributed by atoms with Gasteiger partial charge in [-0.2, -0.15) is 0 Å². The van der Waals surface area contributed by atoms with Crippen molar-refractivity contribution in [3.05, 3.63) is 0 Å². The lowest BCUT2D eigenvalue weighted by Gasteiger charge is -2.20. The van der Waals surface area contributed by atoms with Crippen molar-refractivity contribution in [2.75, 3.05) is 20.1 Å². The van der Waals surface area contributed by atoms with E-state index in [2.05, 4.69) is 0 Å². The van der Waals surface area contributed by atoms with Crippen molar-refractivity contribution in [2.24, 2.45) is 5.92 Å². The van der Waals surface area contributed by atoms with E-state index in [9.17, 15) is 14.4 Å². The lowest BCUT2D eigenvalue weighted by Crippen LogP contribution is -2.36. The van der Waals surface area contributed by atoms with Gasteiger partial charge in [0.2, 0.25) is 11.8 Å². The van der Waals surface area contributed by atoms with Gasteiger partial charge in [0, 0.05) is 32.6 Å². The van der Waals surface area contributed by atoms with Gasteiger partial charge in [-0.05, 0) is 12.8 Å². The summed E-state index contributed by atoms with van der Waals surface area (Å²) in [5.41, 5.74) is 0. The van der Waals surface area contributed by atoms with E-state index in [4.69, 9.17) is 5.11 Å². The Hall–Kier alpha value is -1.59. The summed E-state index contributed by atoms with van der Waals surface area (Å²) in [6.07, 6.45) is 2.30. The predicted molar refractivity (Wildman–Crippen MR) is 62.7 cm³/mol. The van der Waals surface area contributed by atoms with Crippen molar-refractivity contribution < 1.29 is 19.5 Å². The molecule has 1 saturated carbocycles. The normalized spacial score (nSPS) is 23.3. The van der Waals surface area contributed by atoms with Crippen LogP contribution in [0.2, 0.25) is 0 Å². The highest BCUT2D eigenvalue weighted by Crippen LogP contribution is 2.33. The molecule has 0 spiro atoms. The van der Waals surface area contributed by atoms with E-state index in [1.54, 1.807) is 11.9 Å². The molecule has 0 radical (unpaired) electrons. The van der Waals surface area contributed by atoms with Crippen LogP contribution in [0.15, 0.2) is 0 Å². The molecule has 1 atom stereocenters. The molecular formula is C12H18N2O4. The number of carboxylic acid groups (broad SMARTS) is 1. The minimum atomic E-state index is -0.920. The number of likely N-dealkylation sites (tertiary alicyclic amines) is 1. The largest absolute Gasteiger partial charge is 0.481 e. The molecule has 1 N–H and O–H groups in total. The van der Waals surface area contributed by atoms with Gasteiger partial charge in [-0.15, -0.1) is 0 Å². The Morgan fingerprint density at radius 1 is 1.44 bits per heavy atom. The van der Waals surface area contributed by atoms with Crippen LogP contribution < -0.4 is 0 Å². The van der Waals surface area contributed by atoms with Crippen molar-refractivity contribution in [1.82, 2.24) is 9.80 Å². The fourth-order valence-corrected chi connectivity index (χ4v) is 2.32. The van der Waals surface area contributed by atoms with Crippen molar-refractivity contribution in [3.63, 3.8) is 0 Å². The second-order valence-electron chi connectivity index (χ2n) is 5.08. The lowest BCUT2D eigenvalue weighted by molar-refractivity contribution is -0.139. The lowest BCUT2D eigenvalue weighted by atomic mass is 10.1. The third kappa shape index (κ3) is 2.80. The second-order valence-corrected chi connectivity index (χ2v) is 5.08. The summed E-state index contributed by atoms with van der Waals surface area (Å²) >= 11 is 0. The molecule has 18 heavy (non-hydrogen) atoms. The minimum absolute atomic E-state index is 0.0579. The van der Waals surface area contributed by atoms with E-state index in [1.807, 2.05) is 0 Å². The van der Waals surface area contributed by atoms with Gasteiger partial charge in [0.25, 0.3) is 0 Å². The standard InChI is InChI=1S/C12H18N2O4/c1-13(5-4-11(16)17)12(18)8-6-10(15)14(7-8)9-2-3-9/h8-9H,2-7H2,1H3,(H,16,17). The van der Waals surface area contributed by atoms with Crippen LogP contribution in [-0.2, 0) is 14.4 Å². The van der Waals surface area contributed by atoms with Gasteiger partial charge >= 0.3 is 5.97 Å². The van der Waals surface area contributed by atoms with E-state index in [0.29, 0.717) is 12.6 Å². The quantitative estimate of drug-likeness (QED) is 0.745. The van der Waals surface area contributed by atoms with Crippen LogP contribution in [0.3, 0.4) is 0 Å². The summed E-state index contributed by atoms with van der Waals surface area (Å²) in [5.74, 6) is -1.27. The summed E-state index contributed by atoms with van der Waals surface area (Å²) in [5, 5.41) is 8.57. The average Bonchev–Trinajstić information content (AvgIpc) is 3.08. The number of hydrogen-bond donors (Lipinski definition) is 1. The van der Waals surface area contributed by atoms with E-state index >= 15 is 0 Å². The molecule has 0 aromatic heterocycles. The number of amides is 2. The summed E-state index contributed by atoms with van der Waals surface area (Å²) in [6.45, 7) is 0.696. The number of aliphatic carboxylic acids is 1. The molecule has 6 heteroatoms. The van der Waals surface area contributed by atoms with E-state index in [0.717, 1.165) is 12.8 Å². The van der Waals surface area contributed by atoms with E-state index < -0.39 is 5.97 Å². The van der Waals surface area contributed by atoms with Crippen LogP contribution in [0.1, 0.15) is 25.7 Å². The Morgan fingerprint density at radius 2 is 2.11 bits per heavy atom. The molecule has 100 valence electrons. The first-order chi connectivity index (χ1) is 8.49. The molecule has 1 heterocycles. The minimum Gasteiger partial charge on any atom is -0.481 e. The molecule has 1 aliphatic heterocycles. The van der Waals surface area contributed by atoms with Gasteiger partial charge in [-0.25, -0.2) is 0 Å². The fraction of sp³-hybridized carbons (Fsp3) is 0.750. The van der Waals surface area contributed by atoms with E-state index in [1.165, 1.54) is 4.90 Å². The summed E-state index contributed by atoms with van der Waals surface area (Å²) in [4.78, 5) is 37.4. The van der Waals surface area contributed by atoms with Crippen LogP contribution in [0.4, 0.5) is 0 Å². The topological polar surface area (TPSA) is 77.9 Å². The van der Waals surface area contributed by atoms with Gasteiger partial charge < -0.3 is 14.9 Å². The zero-order valence-corrected chi connectivity index (χ0v) is 10.5. The van der Waals surface area contributed by atoms with Crippen LogP contribution >= 0.6 is 0 Å². The number of carboxylic acids is 1. The maximum atomic E-state index is 12.0. The molecule has 1 saturated heterocycles. The summed E-state index contributed by atoms with van der Waals surface area (Å²) in [6, 6.07) is 0.347. The molecular weight excluding hydrogens is 236 g/mol. The molecule has 1 aliphatic carbocycles. The first-order valence-corrected chi connectivity index (χ1v) is 6.25. The SMILES string of the molecule is CN(CCC(=O)O)C(=O)C1CC(=O)N(C2CC2)C1. The van der Waals surface area contributed by atoms with Crippen LogP contribution in [0.25, 0.3) is 0 Å². The zero-order valence-electron chi connectivity index (χ0n) is 10.5. The molecule has 0 aromatic rings. The van der Waals surface area contributed by atoms with Gasteiger partial charge in [-0.3, -0.25) is 14.4 Å². The smallest absolute Gasteiger partial charge is 0.305 e. The molecule has 2 fully saturated rings. The highest BCUT2D eigenvalue weighted by atomic mass is 16.4. The molecule has 2 rings (SSSR count). The van der Waals surface area contributed by atoms with Crippen molar-refractivity contribution in [2.45, 2.75) is 31.7 Å². The zero-order chi connectivity index (χ0) is 13.3. The maximum absolute atomic E-state index is 12.0. The Balaban J connectivity index is 1.85. The molecule has 1 unspecified atom stereocenters. The van der Waals surface area contributed by atoms with Crippen LogP contribution in [0, 0.1) is 5.92 Å². The molecule has 2 amide bonds. The summed E-state index contributed by atoms with van der Waals surface area (Å²) < 4.78 is 0. The monoisotopic (exact) mass is 254 g/mol. The molecule has 0 bridgehead atoms. The molecule has 0 aromatic carbocycles. The fourth-order valence-electron chi connectivity index (χ4n) is 2.32. The number of rotatable bonds is 5. The average molecular weight is 254 g/mol. The van der Waals surface area contributed by atoms with E-state index in [-0.39, 0.29) is 37.1 Å². The van der Waals surface area contributed by atoms with Crippen molar-refractivity contribution in [3.8, 4) is 0 Å². The molecule has 6 nitrogen and oxygen atoms in total. The Kier molecular flexibility index (Phi) is 3.54. The number of nitrogens with zero attached hydrogens (tertiary/aromatic N) is 2. The first kappa shape index (κ1) is 12.9. The second kappa shape index (κ2) is 4.96. The highest BCUT2D eigenvalue weighted by Gasteiger charge is 2.42. The van der Waals surface area contributed by atoms with Gasteiger partial charge in [-0.1, -0.05) is 0 Å². The third-order valence-electron chi connectivity index (χ3n) is 3.53. The third-order valence-corrected chi connectivity index (χ3v) is 3.53. The van der Waals surface area contributed by atoms with Gasteiger partial charge in [0.05, 0.1) is 12.3 Å². The Labute approximate surface area is 106 Å². The Bertz CT molecular complexity index is 378. The van der Waals surface area contributed by atoms with Gasteiger partial charge in [0.15, 0.2) is 0 Å². The van der Waals surface area contributed by atoms with Crippen LogP contribution in [0.5, 0.6) is 0 Å². The predicted octanol–water partition coefficient (Wildman–Crippen LogP) is -0.0696. The number of carbonyl (C=O) groups excluding carboxylic acids is 2. The van der Waals surface area contributed by atoms with Crippen LogP contribution in [-0.4, -0.2) is 58.9 Å². The molecule has 2 aliphatic rings. The summed E-state index contributed by atoms with van der Waals surface area (Å²) in [7, 11) is 1.59. The van der Waals surface area contributed by atoms with Gasteiger partial charge in [0.1, 0.15) is 0 Å². The maximum Gasteiger partial charge on any atom is 0.305 e. The number of hydrogen-bond acceptors (Lipinski definition) is 3. The van der Waals surface area contributed by atoms with Crippen molar-refractivity contribution >= 4 is 17.8 Å². The Morgan fingerprint density at radius 3 is 2.67 bits per heavy atom. The number of carbonyl (C=O) groups is 3.